The first-order valence-corrected chi connectivity index (χ1v) is 9.56. The predicted octanol–water partition coefficient (Wildman–Crippen LogP) is 2.42. The van der Waals surface area contributed by atoms with Crippen LogP contribution in [0.2, 0.25) is 5.15 Å². The van der Waals surface area contributed by atoms with Gasteiger partial charge in [0.2, 0.25) is 0 Å². The van der Waals surface area contributed by atoms with Crippen molar-refractivity contribution in [3.63, 3.8) is 0 Å². The molecular formula is C10H14ClN3O2S3. The van der Waals surface area contributed by atoms with Crippen LogP contribution in [0.1, 0.15) is 6.92 Å². The van der Waals surface area contributed by atoms with E-state index < -0.39 is 10.0 Å². The fraction of sp³-hybridized carbons (Fsp3) is 0.500. The molecule has 0 spiro atoms. The summed E-state index contributed by atoms with van der Waals surface area (Å²) in [6.07, 6.45) is 3.61. The van der Waals surface area contributed by atoms with Crippen LogP contribution in [0.4, 0.5) is 0 Å². The van der Waals surface area contributed by atoms with Gasteiger partial charge in [-0.1, -0.05) is 11.6 Å². The molecule has 0 aliphatic rings. The first-order chi connectivity index (χ1) is 8.89. The molecule has 5 nitrogen and oxygen atoms in total. The molecule has 0 amide bonds. The summed E-state index contributed by atoms with van der Waals surface area (Å²) in [6, 6.07) is -0.111. The zero-order valence-corrected chi connectivity index (χ0v) is 13.9. The summed E-state index contributed by atoms with van der Waals surface area (Å²) in [5.74, 6) is 0.721. The van der Waals surface area contributed by atoms with Crippen molar-refractivity contribution in [2.45, 2.75) is 18.0 Å². The van der Waals surface area contributed by atoms with E-state index in [1.807, 2.05) is 13.2 Å². The van der Waals surface area contributed by atoms with Gasteiger partial charge < -0.3 is 0 Å². The molecule has 2 rings (SSSR count). The Bertz CT molecular complexity index is 679. The van der Waals surface area contributed by atoms with E-state index in [0.717, 1.165) is 5.75 Å². The third-order valence-corrected chi connectivity index (χ3v) is 6.78. The largest absolute Gasteiger partial charge is 0.279 e. The van der Waals surface area contributed by atoms with Gasteiger partial charge in [0.05, 0.1) is 0 Å². The zero-order valence-electron chi connectivity index (χ0n) is 10.7. The van der Waals surface area contributed by atoms with Gasteiger partial charge in [-0.05, 0) is 13.2 Å². The van der Waals surface area contributed by atoms with Crippen molar-refractivity contribution in [2.24, 2.45) is 0 Å². The van der Waals surface area contributed by atoms with Gasteiger partial charge in [0.25, 0.3) is 10.0 Å². The second kappa shape index (κ2) is 5.61. The zero-order chi connectivity index (χ0) is 14.2. The number of thiazole rings is 1. The van der Waals surface area contributed by atoms with Crippen molar-refractivity contribution in [3.05, 3.63) is 16.7 Å². The Hall–Kier alpha value is -0.280. The summed E-state index contributed by atoms with van der Waals surface area (Å²) in [5, 5.41) is 1.85. The Morgan fingerprint density at radius 3 is 2.95 bits per heavy atom. The van der Waals surface area contributed by atoms with Crippen LogP contribution < -0.4 is 0 Å². The van der Waals surface area contributed by atoms with Crippen LogP contribution in [0.15, 0.2) is 16.6 Å². The summed E-state index contributed by atoms with van der Waals surface area (Å²) in [6.45, 7) is 1.87. The number of nitrogens with zero attached hydrogens (tertiary/aromatic N) is 3. The van der Waals surface area contributed by atoms with Gasteiger partial charge in [0.15, 0.2) is 15.1 Å². The number of hydrogen-bond acceptors (Lipinski definition) is 5. The number of thioether (sulfide) groups is 1. The Morgan fingerprint density at radius 1 is 1.63 bits per heavy atom. The highest BCUT2D eigenvalue weighted by Gasteiger charge is 2.31. The highest BCUT2D eigenvalue weighted by molar-refractivity contribution is 7.98. The quantitative estimate of drug-likeness (QED) is 0.839. The number of sulfonamides is 1. The average Bonchev–Trinajstić information content (AvgIpc) is 2.87. The molecule has 0 saturated carbocycles. The van der Waals surface area contributed by atoms with Crippen LogP contribution in [-0.2, 0) is 10.0 Å². The summed E-state index contributed by atoms with van der Waals surface area (Å²) >= 11 is 8.93. The van der Waals surface area contributed by atoms with Crippen molar-refractivity contribution >= 4 is 49.7 Å². The number of imidazole rings is 1. The molecule has 19 heavy (non-hydrogen) atoms. The van der Waals surface area contributed by atoms with E-state index in [9.17, 15) is 8.42 Å². The first kappa shape index (κ1) is 15.1. The van der Waals surface area contributed by atoms with Crippen molar-refractivity contribution in [2.75, 3.05) is 19.1 Å². The second-order valence-electron chi connectivity index (χ2n) is 4.09. The Balaban J connectivity index is 2.49. The van der Waals surface area contributed by atoms with Crippen LogP contribution in [-0.4, -0.2) is 47.2 Å². The normalized spacial score (nSPS) is 14.4. The van der Waals surface area contributed by atoms with Crippen molar-refractivity contribution in [1.82, 2.24) is 13.7 Å². The van der Waals surface area contributed by atoms with E-state index in [0.29, 0.717) is 4.96 Å². The van der Waals surface area contributed by atoms with Crippen LogP contribution in [0, 0.1) is 0 Å². The van der Waals surface area contributed by atoms with Gasteiger partial charge in [-0.2, -0.15) is 16.1 Å². The Labute approximate surface area is 125 Å². The lowest BCUT2D eigenvalue weighted by Crippen LogP contribution is -2.37. The molecule has 9 heteroatoms. The lowest BCUT2D eigenvalue weighted by Gasteiger charge is -2.23. The van der Waals surface area contributed by atoms with Gasteiger partial charge in [-0.3, -0.25) is 4.40 Å². The van der Waals surface area contributed by atoms with Crippen LogP contribution in [0.25, 0.3) is 4.96 Å². The predicted molar refractivity (Wildman–Crippen MR) is 80.9 cm³/mol. The van der Waals surface area contributed by atoms with Gasteiger partial charge in [0, 0.05) is 30.4 Å². The molecule has 2 aromatic heterocycles. The minimum absolute atomic E-state index is 0.0232. The summed E-state index contributed by atoms with van der Waals surface area (Å²) in [5.41, 5.74) is 0. The SMILES string of the molecule is CSCC(C)N(C)S(=O)(=O)c1c(Cl)nc2sccn12. The molecule has 0 aliphatic carbocycles. The number of rotatable bonds is 5. The molecule has 0 bridgehead atoms. The molecule has 2 aromatic rings. The van der Waals surface area contributed by atoms with Gasteiger partial charge in [0.1, 0.15) is 0 Å². The molecular weight excluding hydrogens is 326 g/mol. The maximum atomic E-state index is 12.6. The number of halogens is 1. The minimum atomic E-state index is -3.65. The maximum Gasteiger partial charge on any atom is 0.262 e. The summed E-state index contributed by atoms with van der Waals surface area (Å²) in [4.78, 5) is 4.64. The molecule has 1 atom stereocenters. The van der Waals surface area contributed by atoms with Crippen molar-refractivity contribution in [1.29, 1.82) is 0 Å². The summed E-state index contributed by atoms with van der Waals surface area (Å²) in [7, 11) is -2.08. The maximum absolute atomic E-state index is 12.6. The third kappa shape index (κ3) is 2.64. The average molecular weight is 340 g/mol. The smallest absolute Gasteiger partial charge is 0.262 e. The lowest BCUT2D eigenvalue weighted by molar-refractivity contribution is 0.412. The van der Waals surface area contributed by atoms with E-state index in [-0.39, 0.29) is 16.2 Å². The molecule has 0 aromatic carbocycles. The molecule has 0 saturated heterocycles. The molecule has 0 N–H and O–H groups in total. The second-order valence-corrected chi connectivity index (χ2v) is 8.14. The van der Waals surface area contributed by atoms with E-state index in [2.05, 4.69) is 4.98 Å². The van der Waals surface area contributed by atoms with E-state index in [1.165, 1.54) is 20.0 Å². The number of aromatic nitrogens is 2. The molecule has 0 aliphatic heterocycles. The van der Waals surface area contributed by atoms with Gasteiger partial charge >= 0.3 is 0 Å². The van der Waals surface area contributed by atoms with Gasteiger partial charge in [-0.25, -0.2) is 13.4 Å². The topological polar surface area (TPSA) is 54.7 Å². The lowest BCUT2D eigenvalue weighted by atomic mass is 10.4. The fourth-order valence-electron chi connectivity index (χ4n) is 1.69. The van der Waals surface area contributed by atoms with E-state index >= 15 is 0 Å². The molecule has 1 unspecified atom stereocenters. The highest BCUT2D eigenvalue weighted by atomic mass is 35.5. The van der Waals surface area contributed by atoms with Crippen molar-refractivity contribution < 1.29 is 8.42 Å². The van der Waals surface area contributed by atoms with Crippen LogP contribution >= 0.6 is 34.7 Å². The van der Waals surface area contributed by atoms with Crippen molar-refractivity contribution in [3.8, 4) is 0 Å². The standard InChI is InChI=1S/C10H14ClN3O2S3/c1-7(6-17-3)13(2)19(15,16)9-8(11)12-10-14(9)4-5-18-10/h4-5,7H,6H2,1-3H3. The van der Waals surface area contributed by atoms with E-state index in [1.54, 1.807) is 30.4 Å². The molecule has 106 valence electrons. The first-order valence-electron chi connectivity index (χ1n) is 5.47. The number of fused-ring (bicyclic) bond motifs is 1. The molecule has 0 fully saturated rings. The molecule has 0 radical (unpaired) electrons. The van der Waals surface area contributed by atoms with Crippen LogP contribution in [0.3, 0.4) is 0 Å². The fourth-order valence-corrected chi connectivity index (χ4v) is 5.25. The Kier molecular flexibility index (Phi) is 4.46. The summed E-state index contributed by atoms with van der Waals surface area (Å²) < 4.78 is 28.1. The Morgan fingerprint density at radius 2 is 2.32 bits per heavy atom. The van der Waals surface area contributed by atoms with Gasteiger partial charge in [-0.15, -0.1) is 11.3 Å². The highest BCUT2D eigenvalue weighted by Crippen LogP contribution is 2.28. The number of hydrogen-bond donors (Lipinski definition) is 0. The molecule has 2 heterocycles. The van der Waals surface area contributed by atoms with E-state index in [4.69, 9.17) is 11.6 Å². The minimum Gasteiger partial charge on any atom is -0.279 e. The van der Waals surface area contributed by atoms with Crippen LogP contribution in [0.5, 0.6) is 0 Å². The third-order valence-electron chi connectivity index (χ3n) is 2.83. The monoisotopic (exact) mass is 339 g/mol.